The van der Waals surface area contributed by atoms with Crippen LogP contribution in [0, 0.1) is 11.3 Å². The molecule has 0 atom stereocenters. The lowest BCUT2D eigenvalue weighted by Gasteiger charge is -2.10. The van der Waals surface area contributed by atoms with Crippen molar-refractivity contribution in [2.24, 2.45) is 4.99 Å². The number of pyridine rings is 1. The van der Waals surface area contributed by atoms with Crippen LogP contribution in [-0.4, -0.2) is 21.2 Å². The van der Waals surface area contributed by atoms with Crippen LogP contribution in [0.15, 0.2) is 89.9 Å². The van der Waals surface area contributed by atoms with Gasteiger partial charge in [0.05, 0.1) is 11.0 Å². The van der Waals surface area contributed by atoms with Gasteiger partial charge in [0.25, 0.3) is 0 Å². The lowest BCUT2D eigenvalue weighted by atomic mass is 10.00. The van der Waals surface area contributed by atoms with Crippen LogP contribution >= 0.6 is 11.6 Å². The zero-order chi connectivity index (χ0) is 21.9. The molecular formula is C26H16ClN5. The molecule has 0 radical (unpaired) electrons. The SMILES string of the molecule is N#Cc1c(-c2ccccc2Cl)cc(-c2nc3ccccc3[nH]2)nc1/N=C/c1ccccc1. The highest BCUT2D eigenvalue weighted by molar-refractivity contribution is 6.33. The third-order valence-electron chi connectivity index (χ3n) is 5.04. The van der Waals surface area contributed by atoms with Gasteiger partial charge in [-0.05, 0) is 29.8 Å². The molecule has 0 aliphatic carbocycles. The number of hydrogen-bond donors (Lipinski definition) is 1. The topological polar surface area (TPSA) is 77.7 Å². The van der Waals surface area contributed by atoms with E-state index in [1.54, 1.807) is 12.3 Å². The molecule has 3 aromatic carbocycles. The van der Waals surface area contributed by atoms with Crippen LogP contribution in [0.3, 0.4) is 0 Å². The Kier molecular flexibility index (Phi) is 5.20. The minimum absolute atomic E-state index is 0.309. The fourth-order valence-corrected chi connectivity index (χ4v) is 3.74. The summed E-state index contributed by atoms with van der Waals surface area (Å²) < 4.78 is 0. The van der Waals surface area contributed by atoms with Gasteiger partial charge in [0.15, 0.2) is 11.6 Å². The Labute approximate surface area is 189 Å². The van der Waals surface area contributed by atoms with Crippen molar-refractivity contribution in [3.63, 3.8) is 0 Å². The van der Waals surface area contributed by atoms with Crippen LogP contribution in [0.1, 0.15) is 11.1 Å². The second kappa shape index (κ2) is 8.46. The maximum Gasteiger partial charge on any atom is 0.171 e. The Morgan fingerprint density at radius 3 is 2.41 bits per heavy atom. The number of nitrogens with zero attached hydrogens (tertiary/aromatic N) is 4. The third-order valence-corrected chi connectivity index (χ3v) is 5.37. The van der Waals surface area contributed by atoms with Crippen molar-refractivity contribution >= 4 is 34.7 Å². The lowest BCUT2D eigenvalue weighted by Crippen LogP contribution is -1.95. The van der Waals surface area contributed by atoms with E-state index in [0.717, 1.165) is 22.2 Å². The number of nitrogens with one attached hydrogen (secondary N) is 1. The van der Waals surface area contributed by atoms with Crippen molar-refractivity contribution in [3.8, 4) is 28.7 Å². The normalized spacial score (nSPS) is 11.1. The molecule has 0 aliphatic heterocycles. The van der Waals surface area contributed by atoms with Crippen molar-refractivity contribution < 1.29 is 0 Å². The molecule has 1 N–H and O–H groups in total. The Morgan fingerprint density at radius 1 is 0.875 bits per heavy atom. The highest BCUT2D eigenvalue weighted by atomic mass is 35.5. The number of fused-ring (bicyclic) bond motifs is 1. The number of aromatic amines is 1. The molecule has 2 aromatic heterocycles. The minimum Gasteiger partial charge on any atom is -0.337 e. The fourth-order valence-electron chi connectivity index (χ4n) is 3.50. The highest BCUT2D eigenvalue weighted by Crippen LogP contribution is 2.36. The average Bonchev–Trinajstić information content (AvgIpc) is 3.27. The van der Waals surface area contributed by atoms with Gasteiger partial charge in [0, 0.05) is 22.4 Å². The Balaban J connectivity index is 1.74. The molecule has 0 unspecified atom stereocenters. The first-order valence-corrected chi connectivity index (χ1v) is 10.3. The molecule has 2 heterocycles. The quantitative estimate of drug-likeness (QED) is 0.325. The molecule has 0 bridgehead atoms. The molecule has 0 aliphatic rings. The second-order valence-corrected chi connectivity index (χ2v) is 7.52. The summed E-state index contributed by atoms with van der Waals surface area (Å²) in [6.07, 6.45) is 1.70. The number of hydrogen-bond acceptors (Lipinski definition) is 4. The minimum atomic E-state index is 0.309. The summed E-state index contributed by atoms with van der Waals surface area (Å²) in [5.41, 5.74) is 4.97. The average molecular weight is 434 g/mol. The summed E-state index contributed by atoms with van der Waals surface area (Å²) >= 11 is 6.48. The van der Waals surface area contributed by atoms with Crippen molar-refractivity contribution in [3.05, 3.63) is 101 Å². The Hall–Kier alpha value is -4.27. The monoisotopic (exact) mass is 433 g/mol. The number of halogens is 1. The molecule has 0 amide bonds. The summed E-state index contributed by atoms with van der Waals surface area (Å²) in [4.78, 5) is 17.2. The number of rotatable bonds is 4. The molecule has 5 aromatic rings. The van der Waals surface area contributed by atoms with Crippen LogP contribution in [0.4, 0.5) is 5.82 Å². The van der Waals surface area contributed by atoms with Crippen LogP contribution in [0.2, 0.25) is 5.02 Å². The predicted octanol–water partition coefficient (Wildman–Crippen LogP) is 6.57. The van der Waals surface area contributed by atoms with Gasteiger partial charge in [0.2, 0.25) is 0 Å². The van der Waals surface area contributed by atoms with E-state index in [1.807, 2.05) is 78.9 Å². The van der Waals surface area contributed by atoms with Gasteiger partial charge in [-0.1, -0.05) is 72.3 Å². The first-order valence-electron chi connectivity index (χ1n) is 9.97. The van der Waals surface area contributed by atoms with E-state index in [9.17, 15) is 5.26 Å². The number of aliphatic imine (C=N–C) groups is 1. The molecule has 5 rings (SSSR count). The lowest BCUT2D eigenvalue weighted by molar-refractivity contribution is 1.21. The summed E-state index contributed by atoms with van der Waals surface area (Å²) in [5, 5.41) is 10.5. The van der Waals surface area contributed by atoms with E-state index in [0.29, 0.717) is 33.5 Å². The van der Waals surface area contributed by atoms with Crippen molar-refractivity contribution in [2.45, 2.75) is 0 Å². The molecule has 0 saturated heterocycles. The Morgan fingerprint density at radius 2 is 1.62 bits per heavy atom. The number of para-hydroxylation sites is 2. The summed E-state index contributed by atoms with van der Waals surface area (Å²) in [6, 6.07) is 29.0. The standard InChI is InChI=1S/C26H16ClN5/c27-21-11-5-4-10-18(21)19-14-24(26-30-22-12-6-7-13-23(22)31-26)32-25(20(19)15-28)29-16-17-8-2-1-3-9-17/h1-14,16H,(H,30,31)/b29-16+. The Bertz CT molecular complexity index is 1460. The van der Waals surface area contributed by atoms with Gasteiger partial charge < -0.3 is 4.98 Å². The van der Waals surface area contributed by atoms with Crippen molar-refractivity contribution in [1.29, 1.82) is 5.26 Å². The number of benzene rings is 3. The van der Waals surface area contributed by atoms with Crippen LogP contribution in [0.25, 0.3) is 33.7 Å². The zero-order valence-electron chi connectivity index (χ0n) is 16.8. The maximum absolute atomic E-state index is 9.99. The third kappa shape index (κ3) is 3.76. The first-order chi connectivity index (χ1) is 15.7. The van der Waals surface area contributed by atoms with E-state index >= 15 is 0 Å². The smallest absolute Gasteiger partial charge is 0.171 e. The van der Waals surface area contributed by atoms with E-state index in [-0.39, 0.29) is 0 Å². The van der Waals surface area contributed by atoms with Crippen LogP contribution in [-0.2, 0) is 0 Å². The van der Waals surface area contributed by atoms with Crippen LogP contribution in [0.5, 0.6) is 0 Å². The van der Waals surface area contributed by atoms with Gasteiger partial charge >= 0.3 is 0 Å². The van der Waals surface area contributed by atoms with Gasteiger partial charge in [-0.2, -0.15) is 5.26 Å². The molecule has 6 heteroatoms. The number of nitriles is 1. The largest absolute Gasteiger partial charge is 0.337 e. The molecular weight excluding hydrogens is 418 g/mol. The van der Waals surface area contributed by atoms with Gasteiger partial charge in [0.1, 0.15) is 17.3 Å². The predicted molar refractivity (Wildman–Crippen MR) is 128 cm³/mol. The number of imidazole rings is 1. The summed E-state index contributed by atoms with van der Waals surface area (Å²) in [7, 11) is 0. The van der Waals surface area contributed by atoms with Gasteiger partial charge in [-0.15, -0.1) is 0 Å². The van der Waals surface area contributed by atoms with Gasteiger partial charge in [-0.25, -0.2) is 15.0 Å². The maximum atomic E-state index is 9.99. The fraction of sp³-hybridized carbons (Fsp3) is 0. The van der Waals surface area contributed by atoms with E-state index in [4.69, 9.17) is 11.6 Å². The van der Waals surface area contributed by atoms with Crippen molar-refractivity contribution in [2.75, 3.05) is 0 Å². The second-order valence-electron chi connectivity index (χ2n) is 7.12. The van der Waals surface area contributed by atoms with E-state index < -0.39 is 0 Å². The molecule has 0 fully saturated rings. The number of aromatic nitrogens is 3. The van der Waals surface area contributed by atoms with Gasteiger partial charge in [-0.3, -0.25) is 0 Å². The highest BCUT2D eigenvalue weighted by Gasteiger charge is 2.18. The zero-order valence-corrected chi connectivity index (χ0v) is 17.6. The van der Waals surface area contributed by atoms with E-state index in [2.05, 4.69) is 26.0 Å². The summed E-state index contributed by atoms with van der Waals surface area (Å²) in [6.45, 7) is 0. The van der Waals surface area contributed by atoms with E-state index in [1.165, 1.54) is 0 Å². The van der Waals surface area contributed by atoms with Crippen LogP contribution < -0.4 is 0 Å². The molecule has 5 nitrogen and oxygen atoms in total. The number of H-pyrrole nitrogens is 1. The van der Waals surface area contributed by atoms with Crippen molar-refractivity contribution in [1.82, 2.24) is 15.0 Å². The molecule has 0 spiro atoms. The summed E-state index contributed by atoms with van der Waals surface area (Å²) in [5.74, 6) is 0.907. The molecule has 0 saturated carbocycles. The first kappa shape index (κ1) is 19.7. The molecule has 152 valence electrons. The molecule has 32 heavy (non-hydrogen) atoms.